The molecule has 3 nitrogen and oxygen atoms in total. The van der Waals surface area contributed by atoms with E-state index in [2.05, 4.69) is 24.4 Å². The zero-order valence-electron chi connectivity index (χ0n) is 10.8. The predicted octanol–water partition coefficient (Wildman–Crippen LogP) is 2.52. The average Bonchev–Trinajstić information content (AvgIpc) is 2.33. The lowest BCUT2D eigenvalue weighted by atomic mass is 9.88. The lowest BCUT2D eigenvalue weighted by molar-refractivity contribution is 0.0147. The normalized spacial score (nSPS) is 25.1. The first kappa shape index (κ1) is 12.4. The van der Waals surface area contributed by atoms with Crippen molar-refractivity contribution in [1.82, 2.24) is 5.32 Å². The van der Waals surface area contributed by atoms with E-state index in [1.54, 1.807) is 14.2 Å². The van der Waals surface area contributed by atoms with Gasteiger partial charge in [-0.2, -0.15) is 0 Å². The van der Waals surface area contributed by atoms with Gasteiger partial charge in [0.2, 0.25) is 0 Å². The standard InChI is InChI=1S/C14H21NO2/c1-10(15-12-8-14(9-12)17-3)11-5-4-6-13(7-11)16-2/h4-7,10,12,14-15H,8-9H2,1-3H3/t10-,12?,14?/m1/s1. The molecule has 0 heterocycles. The highest BCUT2D eigenvalue weighted by Crippen LogP contribution is 2.26. The second kappa shape index (κ2) is 5.52. The molecule has 1 saturated carbocycles. The first-order valence-electron chi connectivity index (χ1n) is 6.15. The van der Waals surface area contributed by atoms with Crippen LogP contribution < -0.4 is 10.1 Å². The monoisotopic (exact) mass is 235 g/mol. The molecule has 0 aromatic heterocycles. The largest absolute Gasteiger partial charge is 0.497 e. The minimum atomic E-state index is 0.355. The molecule has 1 aliphatic carbocycles. The second-order valence-corrected chi connectivity index (χ2v) is 4.69. The summed E-state index contributed by atoms with van der Waals surface area (Å²) < 4.78 is 10.5. The van der Waals surface area contributed by atoms with Gasteiger partial charge in [-0.3, -0.25) is 0 Å². The van der Waals surface area contributed by atoms with Gasteiger partial charge < -0.3 is 14.8 Å². The van der Waals surface area contributed by atoms with Gasteiger partial charge >= 0.3 is 0 Å². The van der Waals surface area contributed by atoms with Crippen LogP contribution in [0.1, 0.15) is 31.4 Å². The van der Waals surface area contributed by atoms with Gasteiger partial charge in [-0.15, -0.1) is 0 Å². The van der Waals surface area contributed by atoms with Crippen LogP contribution in [0, 0.1) is 0 Å². The van der Waals surface area contributed by atoms with Crippen molar-refractivity contribution in [3.05, 3.63) is 29.8 Å². The van der Waals surface area contributed by atoms with Crippen LogP contribution in [0.4, 0.5) is 0 Å². The summed E-state index contributed by atoms with van der Waals surface area (Å²) in [5.74, 6) is 0.916. The molecule has 1 N–H and O–H groups in total. The van der Waals surface area contributed by atoms with Gasteiger partial charge in [0.05, 0.1) is 13.2 Å². The van der Waals surface area contributed by atoms with Gasteiger partial charge in [-0.05, 0) is 37.5 Å². The molecule has 0 spiro atoms. The van der Waals surface area contributed by atoms with Crippen molar-refractivity contribution in [1.29, 1.82) is 0 Å². The molecule has 1 aliphatic rings. The number of hydrogen-bond acceptors (Lipinski definition) is 3. The minimum absolute atomic E-state index is 0.355. The van der Waals surface area contributed by atoms with E-state index >= 15 is 0 Å². The number of benzene rings is 1. The van der Waals surface area contributed by atoms with Crippen molar-refractivity contribution in [2.24, 2.45) is 0 Å². The Balaban J connectivity index is 1.89. The lowest BCUT2D eigenvalue weighted by Crippen LogP contribution is -2.45. The van der Waals surface area contributed by atoms with E-state index < -0.39 is 0 Å². The fourth-order valence-electron chi connectivity index (χ4n) is 2.25. The summed E-state index contributed by atoms with van der Waals surface area (Å²) in [5, 5.41) is 3.61. The maximum atomic E-state index is 5.28. The van der Waals surface area contributed by atoms with Crippen LogP contribution in [0.3, 0.4) is 0 Å². The molecule has 1 aromatic carbocycles. The summed E-state index contributed by atoms with van der Waals surface area (Å²) in [4.78, 5) is 0. The molecule has 0 radical (unpaired) electrons. The molecular weight excluding hydrogens is 214 g/mol. The van der Waals surface area contributed by atoms with Crippen molar-refractivity contribution >= 4 is 0 Å². The molecule has 0 aliphatic heterocycles. The molecule has 17 heavy (non-hydrogen) atoms. The Labute approximate surface area is 103 Å². The van der Waals surface area contributed by atoms with Crippen molar-refractivity contribution in [2.75, 3.05) is 14.2 Å². The molecule has 94 valence electrons. The highest BCUT2D eigenvalue weighted by molar-refractivity contribution is 5.30. The SMILES string of the molecule is COc1cccc([C@@H](C)NC2CC(OC)C2)c1. The Morgan fingerprint density at radius 3 is 2.71 bits per heavy atom. The molecule has 0 bridgehead atoms. The van der Waals surface area contributed by atoms with Gasteiger partial charge in [-0.1, -0.05) is 12.1 Å². The highest BCUT2D eigenvalue weighted by Gasteiger charge is 2.29. The topological polar surface area (TPSA) is 30.5 Å². The third kappa shape index (κ3) is 2.99. The van der Waals surface area contributed by atoms with Crippen molar-refractivity contribution in [3.8, 4) is 5.75 Å². The minimum Gasteiger partial charge on any atom is -0.497 e. The molecule has 0 saturated heterocycles. The van der Waals surface area contributed by atoms with Gasteiger partial charge in [0.15, 0.2) is 0 Å². The van der Waals surface area contributed by atoms with Crippen LogP contribution in [0.2, 0.25) is 0 Å². The van der Waals surface area contributed by atoms with E-state index in [4.69, 9.17) is 9.47 Å². The van der Waals surface area contributed by atoms with Crippen LogP contribution in [-0.2, 0) is 4.74 Å². The smallest absolute Gasteiger partial charge is 0.119 e. The Bertz CT molecular complexity index is 361. The molecule has 0 amide bonds. The summed E-state index contributed by atoms with van der Waals surface area (Å²) in [7, 11) is 3.48. The summed E-state index contributed by atoms with van der Waals surface area (Å²) in [6.45, 7) is 2.19. The first-order valence-corrected chi connectivity index (χ1v) is 6.15. The van der Waals surface area contributed by atoms with Crippen LogP contribution in [-0.4, -0.2) is 26.4 Å². The van der Waals surface area contributed by atoms with Gasteiger partial charge in [0.1, 0.15) is 5.75 Å². The number of hydrogen-bond donors (Lipinski definition) is 1. The van der Waals surface area contributed by atoms with E-state index in [0.717, 1.165) is 18.6 Å². The Hall–Kier alpha value is -1.06. The van der Waals surface area contributed by atoms with Crippen molar-refractivity contribution in [2.45, 2.75) is 38.0 Å². The zero-order valence-corrected chi connectivity index (χ0v) is 10.8. The maximum absolute atomic E-state index is 5.28. The molecular formula is C14H21NO2. The Kier molecular flexibility index (Phi) is 4.02. The number of methoxy groups -OCH3 is 2. The van der Waals surface area contributed by atoms with E-state index in [1.165, 1.54) is 5.56 Å². The quantitative estimate of drug-likeness (QED) is 0.850. The van der Waals surface area contributed by atoms with Crippen LogP contribution in [0.25, 0.3) is 0 Å². The molecule has 3 heteroatoms. The Morgan fingerprint density at radius 2 is 2.06 bits per heavy atom. The first-order chi connectivity index (χ1) is 8.22. The second-order valence-electron chi connectivity index (χ2n) is 4.69. The highest BCUT2D eigenvalue weighted by atomic mass is 16.5. The molecule has 1 aromatic rings. The van der Waals surface area contributed by atoms with Gasteiger partial charge in [0, 0.05) is 19.2 Å². The van der Waals surface area contributed by atoms with E-state index in [9.17, 15) is 0 Å². The molecule has 0 unspecified atom stereocenters. The summed E-state index contributed by atoms with van der Waals surface area (Å²) >= 11 is 0. The van der Waals surface area contributed by atoms with E-state index in [1.807, 2.05) is 12.1 Å². The van der Waals surface area contributed by atoms with Gasteiger partial charge in [0.25, 0.3) is 0 Å². The summed E-state index contributed by atoms with van der Waals surface area (Å²) in [5.41, 5.74) is 1.27. The number of nitrogens with one attached hydrogen (secondary N) is 1. The lowest BCUT2D eigenvalue weighted by Gasteiger charge is -2.36. The van der Waals surface area contributed by atoms with Crippen LogP contribution >= 0.6 is 0 Å². The van der Waals surface area contributed by atoms with Crippen LogP contribution in [0.5, 0.6) is 5.75 Å². The zero-order chi connectivity index (χ0) is 12.3. The average molecular weight is 235 g/mol. The van der Waals surface area contributed by atoms with Crippen molar-refractivity contribution in [3.63, 3.8) is 0 Å². The number of rotatable bonds is 5. The molecule has 2 rings (SSSR count). The fourth-order valence-corrected chi connectivity index (χ4v) is 2.25. The summed E-state index contributed by atoms with van der Waals surface area (Å²) in [6, 6.07) is 9.16. The predicted molar refractivity (Wildman–Crippen MR) is 68.4 cm³/mol. The van der Waals surface area contributed by atoms with Crippen LogP contribution in [0.15, 0.2) is 24.3 Å². The van der Waals surface area contributed by atoms with E-state index in [0.29, 0.717) is 18.2 Å². The maximum Gasteiger partial charge on any atom is 0.119 e. The molecule has 1 fully saturated rings. The number of ether oxygens (including phenoxy) is 2. The third-order valence-corrected chi connectivity index (χ3v) is 3.51. The fraction of sp³-hybridized carbons (Fsp3) is 0.571. The third-order valence-electron chi connectivity index (χ3n) is 3.51. The van der Waals surface area contributed by atoms with Gasteiger partial charge in [-0.25, -0.2) is 0 Å². The van der Waals surface area contributed by atoms with E-state index in [-0.39, 0.29) is 0 Å². The van der Waals surface area contributed by atoms with Crippen molar-refractivity contribution < 1.29 is 9.47 Å². The Morgan fingerprint density at radius 1 is 1.29 bits per heavy atom. The summed E-state index contributed by atoms with van der Waals surface area (Å²) in [6.07, 6.45) is 2.68. The molecule has 1 atom stereocenters.